The lowest BCUT2D eigenvalue weighted by atomic mass is 9.97. The lowest BCUT2D eigenvalue weighted by Crippen LogP contribution is -2.14. The summed E-state index contributed by atoms with van der Waals surface area (Å²) in [7, 11) is 0. The maximum Gasteiger partial charge on any atom is 0.261 e. The van der Waals surface area contributed by atoms with Crippen molar-refractivity contribution in [2.45, 2.75) is 32.8 Å². The van der Waals surface area contributed by atoms with Crippen LogP contribution in [0.2, 0.25) is 0 Å². The number of fused-ring (bicyclic) bond motifs is 1. The molecule has 1 aromatic heterocycles. The van der Waals surface area contributed by atoms with Crippen LogP contribution in [0, 0.1) is 6.92 Å². The van der Waals surface area contributed by atoms with E-state index in [-0.39, 0.29) is 12.0 Å². The van der Waals surface area contributed by atoms with Gasteiger partial charge in [0.15, 0.2) is 5.13 Å². The molecule has 0 fully saturated rings. The van der Waals surface area contributed by atoms with Gasteiger partial charge < -0.3 is 4.74 Å². The van der Waals surface area contributed by atoms with Gasteiger partial charge in [-0.15, -0.1) is 11.3 Å². The van der Waals surface area contributed by atoms with E-state index in [0.717, 1.165) is 10.4 Å². The first-order valence-corrected chi connectivity index (χ1v) is 7.41. The molecular formula is C15H16N2O2S. The molecule has 3 rings (SSSR count). The summed E-state index contributed by atoms with van der Waals surface area (Å²) in [5.41, 5.74) is 1.67. The summed E-state index contributed by atoms with van der Waals surface area (Å²) in [6, 6.07) is 5.71. The highest BCUT2D eigenvalue weighted by Crippen LogP contribution is 2.40. The molecule has 1 aliphatic rings. The zero-order valence-electron chi connectivity index (χ0n) is 11.6. The molecule has 0 saturated carbocycles. The Balaban J connectivity index is 1.90. The van der Waals surface area contributed by atoms with Crippen LogP contribution >= 0.6 is 11.3 Å². The number of para-hydroxylation sites is 1. The quantitative estimate of drug-likeness (QED) is 0.918. The third kappa shape index (κ3) is 2.18. The Morgan fingerprint density at radius 3 is 2.90 bits per heavy atom. The third-order valence-corrected chi connectivity index (χ3v) is 4.46. The first-order valence-electron chi connectivity index (χ1n) is 6.59. The SMILES string of the molecule is Cc1cnc(NC(=O)c2cccc3c2OC(C)C3C)s1. The number of thiazole rings is 1. The first kappa shape index (κ1) is 13.1. The fourth-order valence-electron chi connectivity index (χ4n) is 2.34. The second-order valence-electron chi connectivity index (χ2n) is 5.07. The standard InChI is InChI=1S/C15H16N2O2S/c1-8-7-16-15(20-8)17-14(18)12-6-4-5-11-9(2)10(3)19-13(11)12/h4-7,9-10H,1-3H3,(H,16,17,18). The highest BCUT2D eigenvalue weighted by molar-refractivity contribution is 7.15. The number of nitrogens with zero attached hydrogens (tertiary/aromatic N) is 1. The number of nitrogens with one attached hydrogen (secondary N) is 1. The van der Waals surface area contributed by atoms with Gasteiger partial charge in [-0.25, -0.2) is 4.98 Å². The van der Waals surface area contributed by atoms with E-state index in [9.17, 15) is 4.79 Å². The van der Waals surface area contributed by atoms with E-state index in [4.69, 9.17) is 4.74 Å². The van der Waals surface area contributed by atoms with E-state index in [0.29, 0.717) is 22.4 Å². The van der Waals surface area contributed by atoms with Gasteiger partial charge in [-0.05, 0) is 19.9 Å². The molecule has 0 spiro atoms. The number of carbonyl (C=O) groups excluding carboxylic acids is 1. The summed E-state index contributed by atoms with van der Waals surface area (Å²) in [5, 5.41) is 3.44. The van der Waals surface area contributed by atoms with Gasteiger partial charge in [0.25, 0.3) is 5.91 Å². The van der Waals surface area contributed by atoms with Crippen molar-refractivity contribution in [3.8, 4) is 5.75 Å². The molecule has 104 valence electrons. The normalized spacial score (nSPS) is 20.4. The Morgan fingerprint density at radius 2 is 2.20 bits per heavy atom. The summed E-state index contributed by atoms with van der Waals surface area (Å²) < 4.78 is 5.84. The predicted octanol–water partition coefficient (Wildman–Crippen LogP) is 3.59. The van der Waals surface area contributed by atoms with Crippen LogP contribution in [0.1, 0.15) is 40.6 Å². The Morgan fingerprint density at radius 1 is 1.40 bits per heavy atom. The van der Waals surface area contributed by atoms with Gasteiger partial charge in [0, 0.05) is 22.6 Å². The zero-order chi connectivity index (χ0) is 14.3. The lowest BCUT2D eigenvalue weighted by Gasteiger charge is -2.08. The number of aryl methyl sites for hydroxylation is 1. The number of amides is 1. The van der Waals surface area contributed by atoms with Crippen LogP contribution in [0.15, 0.2) is 24.4 Å². The van der Waals surface area contributed by atoms with Crippen molar-refractivity contribution in [3.05, 3.63) is 40.4 Å². The van der Waals surface area contributed by atoms with Gasteiger partial charge in [-0.2, -0.15) is 0 Å². The van der Waals surface area contributed by atoms with E-state index in [1.807, 2.05) is 26.0 Å². The minimum absolute atomic E-state index is 0.0982. The van der Waals surface area contributed by atoms with E-state index in [2.05, 4.69) is 17.2 Å². The number of rotatable bonds is 2. The number of benzene rings is 1. The first-order chi connectivity index (χ1) is 9.56. The smallest absolute Gasteiger partial charge is 0.261 e. The van der Waals surface area contributed by atoms with Crippen molar-refractivity contribution in [1.82, 2.24) is 4.98 Å². The number of hydrogen-bond donors (Lipinski definition) is 1. The summed E-state index contributed by atoms with van der Waals surface area (Å²) in [6.45, 7) is 6.10. The zero-order valence-corrected chi connectivity index (χ0v) is 12.5. The average Bonchev–Trinajstić information content (AvgIpc) is 2.94. The number of ether oxygens (including phenoxy) is 1. The van der Waals surface area contributed by atoms with Crippen LogP contribution in [0.4, 0.5) is 5.13 Å². The highest BCUT2D eigenvalue weighted by atomic mass is 32.1. The largest absolute Gasteiger partial charge is 0.489 e. The van der Waals surface area contributed by atoms with E-state index < -0.39 is 0 Å². The van der Waals surface area contributed by atoms with Crippen molar-refractivity contribution in [2.24, 2.45) is 0 Å². The molecule has 0 radical (unpaired) electrons. The molecule has 20 heavy (non-hydrogen) atoms. The molecule has 2 unspecified atom stereocenters. The highest BCUT2D eigenvalue weighted by Gasteiger charge is 2.31. The third-order valence-electron chi connectivity index (χ3n) is 3.63. The molecular weight excluding hydrogens is 272 g/mol. The van der Waals surface area contributed by atoms with Crippen molar-refractivity contribution < 1.29 is 9.53 Å². The second-order valence-corrected chi connectivity index (χ2v) is 6.30. The molecule has 2 atom stereocenters. The van der Waals surface area contributed by atoms with Crippen LogP contribution in [-0.4, -0.2) is 17.0 Å². The molecule has 0 saturated heterocycles. The minimum atomic E-state index is -0.169. The molecule has 5 heteroatoms. The maximum atomic E-state index is 12.4. The summed E-state index contributed by atoms with van der Waals surface area (Å²) >= 11 is 1.46. The number of carbonyl (C=O) groups is 1. The van der Waals surface area contributed by atoms with Crippen molar-refractivity contribution in [3.63, 3.8) is 0 Å². The molecule has 1 aromatic carbocycles. The molecule has 1 amide bonds. The molecule has 2 heterocycles. The fraction of sp³-hybridized carbons (Fsp3) is 0.333. The van der Waals surface area contributed by atoms with E-state index in [1.54, 1.807) is 12.3 Å². The summed E-state index contributed by atoms with van der Waals surface area (Å²) in [6.07, 6.45) is 1.84. The number of hydrogen-bond acceptors (Lipinski definition) is 4. The summed E-state index contributed by atoms with van der Waals surface area (Å²) in [5.74, 6) is 0.843. The maximum absolute atomic E-state index is 12.4. The van der Waals surface area contributed by atoms with Crippen LogP contribution in [0.25, 0.3) is 0 Å². The topological polar surface area (TPSA) is 51.2 Å². The molecule has 0 bridgehead atoms. The van der Waals surface area contributed by atoms with Crippen LogP contribution in [0.3, 0.4) is 0 Å². The van der Waals surface area contributed by atoms with Gasteiger partial charge in [0.1, 0.15) is 11.9 Å². The molecule has 4 nitrogen and oxygen atoms in total. The van der Waals surface area contributed by atoms with E-state index in [1.165, 1.54) is 11.3 Å². The molecule has 1 N–H and O–H groups in total. The van der Waals surface area contributed by atoms with Gasteiger partial charge in [0.2, 0.25) is 0 Å². The Kier molecular flexibility index (Phi) is 3.22. The van der Waals surface area contributed by atoms with Gasteiger partial charge >= 0.3 is 0 Å². The van der Waals surface area contributed by atoms with Crippen molar-refractivity contribution in [1.29, 1.82) is 0 Å². The Bertz CT molecular complexity index is 666. The Labute approximate surface area is 121 Å². The Hall–Kier alpha value is -1.88. The van der Waals surface area contributed by atoms with Crippen LogP contribution in [0.5, 0.6) is 5.75 Å². The van der Waals surface area contributed by atoms with Crippen molar-refractivity contribution >= 4 is 22.4 Å². The van der Waals surface area contributed by atoms with Crippen LogP contribution < -0.4 is 10.1 Å². The summed E-state index contributed by atoms with van der Waals surface area (Å²) in [4.78, 5) is 17.6. The van der Waals surface area contributed by atoms with Gasteiger partial charge in [-0.3, -0.25) is 10.1 Å². The molecule has 0 aliphatic carbocycles. The average molecular weight is 288 g/mol. The molecule has 2 aromatic rings. The lowest BCUT2D eigenvalue weighted by molar-refractivity contribution is 0.102. The number of anilines is 1. The minimum Gasteiger partial charge on any atom is -0.489 e. The monoisotopic (exact) mass is 288 g/mol. The number of aromatic nitrogens is 1. The fourth-order valence-corrected chi connectivity index (χ4v) is 3.00. The van der Waals surface area contributed by atoms with Crippen LogP contribution in [-0.2, 0) is 0 Å². The van der Waals surface area contributed by atoms with Gasteiger partial charge in [0.05, 0.1) is 5.56 Å². The van der Waals surface area contributed by atoms with E-state index >= 15 is 0 Å². The predicted molar refractivity (Wildman–Crippen MR) is 79.8 cm³/mol. The van der Waals surface area contributed by atoms with Gasteiger partial charge in [-0.1, -0.05) is 19.1 Å². The second kappa shape index (κ2) is 4.90. The van der Waals surface area contributed by atoms with Crippen molar-refractivity contribution in [2.75, 3.05) is 5.32 Å². The molecule has 1 aliphatic heterocycles.